The summed E-state index contributed by atoms with van der Waals surface area (Å²) in [4.78, 5) is 17.0. The van der Waals surface area contributed by atoms with Gasteiger partial charge < -0.3 is 14.9 Å². The first-order valence-corrected chi connectivity index (χ1v) is 10.5. The van der Waals surface area contributed by atoms with E-state index in [9.17, 15) is 9.90 Å². The van der Waals surface area contributed by atoms with Crippen molar-refractivity contribution in [1.29, 1.82) is 0 Å². The van der Waals surface area contributed by atoms with Crippen molar-refractivity contribution in [1.82, 2.24) is 15.1 Å². The van der Waals surface area contributed by atoms with Crippen LogP contribution in [0.25, 0.3) is 10.8 Å². The Morgan fingerprint density at radius 2 is 1.86 bits per heavy atom. The number of rotatable bonds is 2. The minimum atomic E-state index is -0.666. The zero-order chi connectivity index (χ0) is 19.3. The molecule has 1 aromatic carbocycles. The number of aliphatic hydroxyl groups is 1. The molecule has 0 bridgehead atoms. The highest BCUT2D eigenvalue weighted by atomic mass is 16.3. The van der Waals surface area contributed by atoms with Crippen LogP contribution in [0.15, 0.2) is 24.3 Å². The first-order valence-electron chi connectivity index (χ1n) is 10.5. The Kier molecular flexibility index (Phi) is 4.27. The first kappa shape index (κ1) is 17.9. The highest BCUT2D eigenvalue weighted by molar-refractivity contribution is 5.93. The molecule has 28 heavy (non-hydrogen) atoms. The molecule has 3 fully saturated rings. The quantitative estimate of drug-likeness (QED) is 0.867. The summed E-state index contributed by atoms with van der Waals surface area (Å²) in [7, 11) is 0. The molecule has 1 amide bonds. The Bertz CT molecular complexity index is 913. The fourth-order valence-electron chi connectivity index (χ4n) is 5.07. The van der Waals surface area contributed by atoms with Crippen molar-refractivity contribution in [2.24, 2.45) is 11.8 Å². The summed E-state index contributed by atoms with van der Waals surface area (Å²) < 4.78 is 0. The number of piperidine rings is 2. The van der Waals surface area contributed by atoms with Crippen LogP contribution in [0.3, 0.4) is 0 Å². The van der Waals surface area contributed by atoms with Crippen LogP contribution in [-0.4, -0.2) is 57.9 Å². The third-order valence-electron chi connectivity index (χ3n) is 7.19. The largest absolute Gasteiger partial charge is 0.389 e. The van der Waals surface area contributed by atoms with Gasteiger partial charge in [-0.2, -0.15) is 5.10 Å². The molecular formula is C22H28N4O2. The number of likely N-dealkylation sites (tertiary alicyclic amines) is 1. The van der Waals surface area contributed by atoms with Crippen molar-refractivity contribution in [3.05, 3.63) is 30.0 Å². The second kappa shape index (κ2) is 6.69. The molecule has 2 aromatic rings. The maximum absolute atomic E-state index is 12.7. The van der Waals surface area contributed by atoms with Gasteiger partial charge in [0.25, 0.3) is 0 Å². The predicted octanol–water partition coefficient (Wildman–Crippen LogP) is 2.53. The molecule has 1 saturated carbocycles. The zero-order valence-corrected chi connectivity index (χ0v) is 16.5. The molecule has 6 nitrogen and oxygen atoms in total. The maximum atomic E-state index is 12.7. The summed E-state index contributed by atoms with van der Waals surface area (Å²) in [6.07, 6.45) is 4.63. The molecule has 2 saturated heterocycles. The van der Waals surface area contributed by atoms with Gasteiger partial charge in [0.2, 0.25) is 5.91 Å². The van der Waals surface area contributed by atoms with Gasteiger partial charge in [0.1, 0.15) is 0 Å². The number of hydrogen-bond acceptors (Lipinski definition) is 5. The molecule has 0 radical (unpaired) electrons. The third-order valence-corrected chi connectivity index (χ3v) is 7.19. The molecule has 2 atom stereocenters. The van der Waals surface area contributed by atoms with E-state index in [0.29, 0.717) is 38.4 Å². The Morgan fingerprint density at radius 1 is 1.11 bits per heavy atom. The predicted molar refractivity (Wildman–Crippen MR) is 108 cm³/mol. The average molecular weight is 380 g/mol. The Balaban J connectivity index is 1.40. The van der Waals surface area contributed by atoms with Gasteiger partial charge in [0.05, 0.1) is 11.3 Å². The summed E-state index contributed by atoms with van der Waals surface area (Å²) in [6.45, 7) is 4.81. The monoisotopic (exact) mass is 380 g/mol. The van der Waals surface area contributed by atoms with Gasteiger partial charge in [-0.25, -0.2) is 0 Å². The normalized spacial score (nSPS) is 28.1. The molecule has 148 valence electrons. The average Bonchev–Trinajstić information content (AvgIpc) is 2.66. The van der Waals surface area contributed by atoms with Crippen molar-refractivity contribution in [2.45, 2.75) is 44.6 Å². The van der Waals surface area contributed by atoms with Crippen molar-refractivity contribution < 1.29 is 9.90 Å². The minimum absolute atomic E-state index is 0.0564. The molecule has 1 N–H and O–H groups in total. The standard InChI is InChI=1S/C22H28N4O2/c1-15-18-7-2-3-8-19(18)20(24-23-15)25-11-9-22(28)10-12-26(14-17(22)13-25)21(27)16-5-4-6-16/h2-3,7-8,16-17,28H,4-6,9-14H2,1H3/t17-,22-/m1/s1. The second-order valence-corrected chi connectivity index (χ2v) is 8.81. The molecule has 5 rings (SSSR count). The molecule has 3 heterocycles. The van der Waals surface area contributed by atoms with E-state index >= 15 is 0 Å². The minimum Gasteiger partial charge on any atom is -0.389 e. The molecule has 1 aromatic heterocycles. The number of aromatic nitrogens is 2. The van der Waals surface area contributed by atoms with Crippen LogP contribution in [0.5, 0.6) is 0 Å². The lowest BCUT2D eigenvalue weighted by Gasteiger charge is -2.51. The van der Waals surface area contributed by atoms with Crippen LogP contribution in [0.2, 0.25) is 0 Å². The van der Waals surface area contributed by atoms with Crippen LogP contribution < -0.4 is 4.90 Å². The molecule has 2 aliphatic heterocycles. The van der Waals surface area contributed by atoms with Crippen LogP contribution in [0.4, 0.5) is 5.82 Å². The molecule has 3 aliphatic rings. The summed E-state index contributed by atoms with van der Waals surface area (Å²) >= 11 is 0. The maximum Gasteiger partial charge on any atom is 0.225 e. The van der Waals surface area contributed by atoms with E-state index in [-0.39, 0.29) is 11.8 Å². The number of nitrogens with zero attached hydrogens (tertiary/aromatic N) is 4. The fourth-order valence-corrected chi connectivity index (χ4v) is 5.07. The number of carbonyl (C=O) groups excluding carboxylic acids is 1. The lowest BCUT2D eigenvalue weighted by atomic mass is 9.75. The van der Waals surface area contributed by atoms with Crippen LogP contribution in [0.1, 0.15) is 37.8 Å². The lowest BCUT2D eigenvalue weighted by molar-refractivity contribution is -0.148. The van der Waals surface area contributed by atoms with E-state index in [2.05, 4.69) is 27.2 Å². The number of benzene rings is 1. The fraction of sp³-hybridized carbons (Fsp3) is 0.591. The molecule has 6 heteroatoms. The van der Waals surface area contributed by atoms with E-state index in [1.165, 1.54) is 6.42 Å². The van der Waals surface area contributed by atoms with Gasteiger partial charge in [-0.1, -0.05) is 30.7 Å². The van der Waals surface area contributed by atoms with E-state index in [1.807, 2.05) is 24.0 Å². The van der Waals surface area contributed by atoms with Gasteiger partial charge in [0, 0.05) is 48.8 Å². The molecular weight excluding hydrogens is 352 g/mol. The SMILES string of the molecule is Cc1nnc(N2CC[C@@]3(O)CCN(C(=O)C4CCC4)C[C@H]3C2)c2ccccc12. The Morgan fingerprint density at radius 3 is 2.61 bits per heavy atom. The second-order valence-electron chi connectivity index (χ2n) is 8.81. The summed E-state index contributed by atoms with van der Waals surface area (Å²) in [5.74, 6) is 1.47. The van der Waals surface area contributed by atoms with E-state index < -0.39 is 5.60 Å². The van der Waals surface area contributed by atoms with Gasteiger partial charge in [-0.05, 0) is 32.6 Å². The first-order chi connectivity index (χ1) is 13.5. The van der Waals surface area contributed by atoms with E-state index in [4.69, 9.17) is 0 Å². The molecule has 0 spiro atoms. The number of aryl methyl sites for hydroxylation is 1. The van der Waals surface area contributed by atoms with Gasteiger partial charge >= 0.3 is 0 Å². The van der Waals surface area contributed by atoms with Crippen molar-refractivity contribution in [3.8, 4) is 0 Å². The molecule has 1 aliphatic carbocycles. The van der Waals surface area contributed by atoms with E-state index in [0.717, 1.165) is 41.7 Å². The third kappa shape index (κ3) is 2.85. The van der Waals surface area contributed by atoms with Gasteiger partial charge in [-0.3, -0.25) is 4.79 Å². The number of hydrogen-bond donors (Lipinski definition) is 1. The highest BCUT2D eigenvalue weighted by Gasteiger charge is 2.47. The van der Waals surface area contributed by atoms with Gasteiger partial charge in [0.15, 0.2) is 5.82 Å². The number of fused-ring (bicyclic) bond motifs is 2. The summed E-state index contributed by atoms with van der Waals surface area (Å²) in [6, 6.07) is 8.25. The summed E-state index contributed by atoms with van der Waals surface area (Å²) in [5, 5.41) is 22.3. The Labute approximate surface area is 165 Å². The topological polar surface area (TPSA) is 69.6 Å². The highest BCUT2D eigenvalue weighted by Crippen LogP contribution is 2.39. The van der Waals surface area contributed by atoms with Crippen molar-refractivity contribution in [2.75, 3.05) is 31.1 Å². The van der Waals surface area contributed by atoms with Crippen molar-refractivity contribution >= 4 is 22.5 Å². The van der Waals surface area contributed by atoms with Crippen LogP contribution in [-0.2, 0) is 4.79 Å². The Hall–Kier alpha value is -2.21. The van der Waals surface area contributed by atoms with E-state index in [1.54, 1.807) is 0 Å². The lowest BCUT2D eigenvalue weighted by Crippen LogP contribution is -2.61. The summed E-state index contributed by atoms with van der Waals surface area (Å²) in [5.41, 5.74) is 0.267. The van der Waals surface area contributed by atoms with Gasteiger partial charge in [-0.15, -0.1) is 5.10 Å². The smallest absolute Gasteiger partial charge is 0.225 e. The zero-order valence-electron chi connectivity index (χ0n) is 16.5. The van der Waals surface area contributed by atoms with Crippen LogP contribution in [0, 0.1) is 18.8 Å². The molecule has 0 unspecified atom stereocenters. The van der Waals surface area contributed by atoms with Crippen molar-refractivity contribution in [3.63, 3.8) is 0 Å². The van der Waals surface area contributed by atoms with Crippen LogP contribution >= 0.6 is 0 Å². The number of carbonyl (C=O) groups is 1. The number of anilines is 1. The number of amides is 1.